The number of ether oxygens (including phenoxy) is 1. The normalized spacial score (nSPS) is 15.5. The van der Waals surface area contributed by atoms with Crippen molar-refractivity contribution >= 4 is 29.1 Å². The van der Waals surface area contributed by atoms with E-state index in [0.717, 1.165) is 23.2 Å². The van der Waals surface area contributed by atoms with Gasteiger partial charge in [-0.1, -0.05) is 41.4 Å². The molecule has 0 aliphatic carbocycles. The van der Waals surface area contributed by atoms with Gasteiger partial charge in [0.05, 0.1) is 6.10 Å². The van der Waals surface area contributed by atoms with Crippen molar-refractivity contribution in [1.82, 2.24) is 25.5 Å². The molecule has 2 heterocycles. The summed E-state index contributed by atoms with van der Waals surface area (Å²) in [4.78, 5) is 30.3. The van der Waals surface area contributed by atoms with Crippen molar-refractivity contribution in [3.8, 4) is 11.4 Å². The van der Waals surface area contributed by atoms with Gasteiger partial charge in [0.2, 0.25) is 11.7 Å². The SMILES string of the molecule is Cc1ccc(C(C(=O)NCC2CCCO2)N(C(=O)Cn2nnc(-c3ccc(F)cc3)n2)c2ccc(Cl)cc2)cc1. The molecule has 0 saturated carbocycles. The number of aryl methyl sites for hydroxylation is 1. The lowest BCUT2D eigenvalue weighted by Gasteiger charge is -2.31. The van der Waals surface area contributed by atoms with Crippen LogP contribution in [0.25, 0.3) is 11.4 Å². The number of hydrogen-bond acceptors (Lipinski definition) is 6. The first kappa shape index (κ1) is 27.4. The Morgan fingerprint density at radius 3 is 2.50 bits per heavy atom. The van der Waals surface area contributed by atoms with Gasteiger partial charge in [0.15, 0.2) is 0 Å². The summed E-state index contributed by atoms with van der Waals surface area (Å²) in [6.45, 7) is 2.67. The van der Waals surface area contributed by atoms with Crippen molar-refractivity contribution < 1.29 is 18.7 Å². The summed E-state index contributed by atoms with van der Waals surface area (Å²) in [5.41, 5.74) is 2.69. The van der Waals surface area contributed by atoms with E-state index in [1.54, 1.807) is 24.3 Å². The monoisotopic (exact) mass is 562 g/mol. The molecule has 40 heavy (non-hydrogen) atoms. The Kier molecular flexibility index (Phi) is 8.47. The molecule has 3 aromatic carbocycles. The van der Waals surface area contributed by atoms with Crippen LogP contribution in [0.1, 0.15) is 30.0 Å². The first-order valence-corrected chi connectivity index (χ1v) is 13.3. The number of amides is 2. The van der Waals surface area contributed by atoms with E-state index < -0.39 is 11.9 Å². The Morgan fingerprint density at radius 2 is 1.82 bits per heavy atom. The van der Waals surface area contributed by atoms with E-state index in [2.05, 4.69) is 20.7 Å². The molecule has 1 saturated heterocycles. The van der Waals surface area contributed by atoms with Crippen LogP contribution in [0.5, 0.6) is 0 Å². The van der Waals surface area contributed by atoms with Crippen LogP contribution in [-0.2, 0) is 20.9 Å². The third-order valence-corrected chi connectivity index (χ3v) is 6.88. The molecule has 1 aromatic heterocycles. The minimum atomic E-state index is -0.990. The first-order valence-electron chi connectivity index (χ1n) is 12.9. The van der Waals surface area contributed by atoms with Gasteiger partial charge in [0.1, 0.15) is 18.4 Å². The second kappa shape index (κ2) is 12.4. The fraction of sp³-hybridized carbons (Fsp3) is 0.276. The molecule has 5 rings (SSSR count). The zero-order valence-corrected chi connectivity index (χ0v) is 22.6. The fourth-order valence-corrected chi connectivity index (χ4v) is 4.67. The third kappa shape index (κ3) is 6.52. The average molecular weight is 563 g/mol. The number of benzene rings is 3. The molecule has 2 unspecified atom stereocenters. The standard InChI is InChI=1S/C29H28ClFN6O3/c1-19-4-6-20(7-5-19)27(29(39)32-17-25-3-2-16-40-25)37(24-14-10-22(30)11-15-24)26(38)18-36-34-28(33-35-36)21-8-12-23(31)13-9-21/h4-15,25,27H,2-3,16-18H2,1H3,(H,32,39). The maximum atomic E-state index is 13.9. The van der Waals surface area contributed by atoms with Crippen LogP contribution in [0.15, 0.2) is 72.8 Å². The van der Waals surface area contributed by atoms with Gasteiger partial charge in [0, 0.05) is 29.4 Å². The van der Waals surface area contributed by atoms with Gasteiger partial charge in [-0.3, -0.25) is 14.5 Å². The Balaban J connectivity index is 1.47. The van der Waals surface area contributed by atoms with Crippen LogP contribution < -0.4 is 10.2 Å². The zero-order valence-electron chi connectivity index (χ0n) is 21.8. The van der Waals surface area contributed by atoms with E-state index in [9.17, 15) is 14.0 Å². The highest BCUT2D eigenvalue weighted by Crippen LogP contribution is 2.30. The molecule has 0 bridgehead atoms. The van der Waals surface area contributed by atoms with Crippen molar-refractivity contribution in [2.45, 2.75) is 38.5 Å². The minimum absolute atomic E-state index is 0.0634. The van der Waals surface area contributed by atoms with Crippen molar-refractivity contribution in [3.63, 3.8) is 0 Å². The van der Waals surface area contributed by atoms with Gasteiger partial charge in [0.25, 0.3) is 5.91 Å². The van der Waals surface area contributed by atoms with Gasteiger partial charge >= 0.3 is 0 Å². The third-order valence-electron chi connectivity index (χ3n) is 6.63. The zero-order chi connectivity index (χ0) is 28.1. The summed E-state index contributed by atoms with van der Waals surface area (Å²) in [5, 5.41) is 15.8. The smallest absolute Gasteiger partial charge is 0.251 e. The first-order chi connectivity index (χ1) is 19.4. The van der Waals surface area contributed by atoms with E-state index in [-0.39, 0.29) is 30.2 Å². The van der Waals surface area contributed by atoms with E-state index in [0.29, 0.717) is 35.0 Å². The molecular weight excluding hydrogens is 535 g/mol. The highest BCUT2D eigenvalue weighted by molar-refractivity contribution is 6.30. The van der Waals surface area contributed by atoms with Gasteiger partial charge in [-0.05, 0) is 79.1 Å². The van der Waals surface area contributed by atoms with Crippen molar-refractivity contribution in [1.29, 1.82) is 0 Å². The molecule has 0 radical (unpaired) electrons. The Hall–Kier alpha value is -4.15. The molecule has 4 aromatic rings. The van der Waals surface area contributed by atoms with Crippen molar-refractivity contribution in [2.75, 3.05) is 18.1 Å². The maximum absolute atomic E-state index is 13.9. The number of carbonyl (C=O) groups is 2. The second-order valence-electron chi connectivity index (χ2n) is 9.58. The summed E-state index contributed by atoms with van der Waals surface area (Å²) >= 11 is 6.14. The number of rotatable bonds is 9. The number of halogens is 2. The van der Waals surface area contributed by atoms with Crippen molar-refractivity contribution in [3.05, 3.63) is 94.8 Å². The van der Waals surface area contributed by atoms with Crippen LogP contribution in [0, 0.1) is 12.7 Å². The summed E-state index contributed by atoms with van der Waals surface area (Å²) in [6.07, 6.45) is 1.75. The van der Waals surface area contributed by atoms with E-state index in [1.807, 2.05) is 31.2 Å². The van der Waals surface area contributed by atoms with Gasteiger partial charge in [-0.2, -0.15) is 4.80 Å². The topological polar surface area (TPSA) is 102 Å². The predicted octanol–water partition coefficient (Wildman–Crippen LogP) is 4.51. The summed E-state index contributed by atoms with van der Waals surface area (Å²) in [5.74, 6) is -0.926. The minimum Gasteiger partial charge on any atom is -0.376 e. The highest BCUT2D eigenvalue weighted by Gasteiger charge is 2.34. The molecule has 2 amide bonds. The molecular formula is C29H28ClFN6O3. The van der Waals surface area contributed by atoms with Crippen LogP contribution in [0.2, 0.25) is 5.02 Å². The van der Waals surface area contributed by atoms with Crippen LogP contribution in [-0.4, -0.2) is 51.3 Å². The molecule has 1 aliphatic heterocycles. The molecule has 9 nitrogen and oxygen atoms in total. The lowest BCUT2D eigenvalue weighted by atomic mass is 10.0. The number of carbonyl (C=O) groups excluding carboxylic acids is 2. The molecule has 1 N–H and O–H groups in total. The van der Waals surface area contributed by atoms with E-state index in [4.69, 9.17) is 16.3 Å². The molecule has 0 spiro atoms. The molecule has 206 valence electrons. The van der Waals surface area contributed by atoms with Gasteiger partial charge in [-0.15, -0.1) is 10.2 Å². The summed E-state index contributed by atoms with van der Waals surface area (Å²) in [7, 11) is 0. The van der Waals surface area contributed by atoms with E-state index in [1.165, 1.54) is 29.2 Å². The summed E-state index contributed by atoms with van der Waals surface area (Å²) < 4.78 is 19.0. The van der Waals surface area contributed by atoms with Crippen LogP contribution >= 0.6 is 11.6 Å². The number of aromatic nitrogens is 4. The molecule has 2 atom stereocenters. The second-order valence-corrected chi connectivity index (χ2v) is 10.0. The van der Waals surface area contributed by atoms with Crippen LogP contribution in [0.3, 0.4) is 0 Å². The number of nitrogens with one attached hydrogen (secondary N) is 1. The number of tetrazole rings is 1. The van der Waals surface area contributed by atoms with Gasteiger partial charge < -0.3 is 10.1 Å². The Bertz CT molecular complexity index is 1450. The molecule has 11 heteroatoms. The lowest BCUT2D eigenvalue weighted by Crippen LogP contribution is -2.46. The fourth-order valence-electron chi connectivity index (χ4n) is 4.54. The van der Waals surface area contributed by atoms with Gasteiger partial charge in [-0.25, -0.2) is 4.39 Å². The average Bonchev–Trinajstić information content (AvgIpc) is 3.65. The number of hydrogen-bond donors (Lipinski definition) is 1. The van der Waals surface area contributed by atoms with E-state index >= 15 is 0 Å². The lowest BCUT2D eigenvalue weighted by molar-refractivity contribution is -0.127. The maximum Gasteiger partial charge on any atom is 0.251 e. The predicted molar refractivity (Wildman–Crippen MR) is 148 cm³/mol. The number of anilines is 1. The van der Waals surface area contributed by atoms with Crippen LogP contribution in [0.4, 0.5) is 10.1 Å². The summed E-state index contributed by atoms with van der Waals surface area (Å²) in [6, 6.07) is 18.8. The largest absolute Gasteiger partial charge is 0.376 e. The highest BCUT2D eigenvalue weighted by atomic mass is 35.5. The quantitative estimate of drug-likeness (QED) is 0.322. The Morgan fingerprint density at radius 1 is 1.10 bits per heavy atom. The molecule has 1 aliphatic rings. The van der Waals surface area contributed by atoms with Crippen molar-refractivity contribution in [2.24, 2.45) is 0 Å². The molecule has 1 fully saturated rings. The Labute approximate surface area is 235 Å². The number of nitrogens with zero attached hydrogens (tertiary/aromatic N) is 5.